The summed E-state index contributed by atoms with van der Waals surface area (Å²) in [6.45, 7) is 2.66. The van der Waals surface area contributed by atoms with Crippen molar-refractivity contribution in [2.24, 2.45) is 5.92 Å². The van der Waals surface area contributed by atoms with Crippen LogP contribution in [-0.4, -0.2) is 29.1 Å². The molecule has 5 heteroatoms. The predicted octanol–water partition coefficient (Wildman–Crippen LogP) is 3.67. The van der Waals surface area contributed by atoms with E-state index in [0.717, 1.165) is 48.9 Å². The Balaban J connectivity index is 1.92. The van der Waals surface area contributed by atoms with Crippen molar-refractivity contribution in [3.8, 4) is 0 Å². The lowest BCUT2D eigenvalue weighted by Gasteiger charge is -2.20. The Morgan fingerprint density at radius 2 is 2.20 bits per heavy atom. The molecule has 1 heterocycles. The van der Waals surface area contributed by atoms with E-state index in [1.165, 1.54) is 12.1 Å². The van der Waals surface area contributed by atoms with Crippen molar-refractivity contribution in [1.29, 1.82) is 0 Å². The topological polar surface area (TPSA) is 40.5 Å². The zero-order valence-electron chi connectivity index (χ0n) is 11.3. The average molecular weight is 344 g/mol. The second kappa shape index (κ2) is 7.18. The molecule has 1 N–H and O–H groups in total. The van der Waals surface area contributed by atoms with Crippen LogP contribution < -0.4 is 0 Å². The van der Waals surface area contributed by atoms with Gasteiger partial charge in [0.05, 0.1) is 0 Å². The zero-order chi connectivity index (χ0) is 14.5. The van der Waals surface area contributed by atoms with Gasteiger partial charge in [0.15, 0.2) is 0 Å². The fourth-order valence-corrected chi connectivity index (χ4v) is 3.20. The van der Waals surface area contributed by atoms with Gasteiger partial charge in [0.1, 0.15) is 5.82 Å². The van der Waals surface area contributed by atoms with Crippen molar-refractivity contribution < 1.29 is 14.3 Å². The van der Waals surface area contributed by atoms with Crippen LogP contribution in [-0.2, 0) is 11.3 Å². The molecule has 0 bridgehead atoms. The van der Waals surface area contributed by atoms with Gasteiger partial charge in [-0.25, -0.2) is 4.39 Å². The standard InChI is InChI=1S/C15H19BrFNO2/c16-14-9-13(17)4-3-12(14)10-18-6-1-2-11(5-7-18)8-15(19)20/h3-4,9,11H,1-2,5-8,10H2,(H,19,20)/t11-/m1/s1. The molecule has 0 aliphatic carbocycles. The first kappa shape index (κ1) is 15.4. The lowest BCUT2D eigenvalue weighted by molar-refractivity contribution is -0.138. The number of carboxylic acid groups (broad SMARTS) is 1. The quantitative estimate of drug-likeness (QED) is 0.906. The summed E-state index contributed by atoms with van der Waals surface area (Å²) in [5, 5.41) is 8.87. The van der Waals surface area contributed by atoms with Crippen molar-refractivity contribution in [3.63, 3.8) is 0 Å². The Morgan fingerprint density at radius 1 is 1.40 bits per heavy atom. The van der Waals surface area contributed by atoms with Crippen LogP contribution in [0.1, 0.15) is 31.2 Å². The van der Waals surface area contributed by atoms with Gasteiger partial charge in [0, 0.05) is 17.4 Å². The van der Waals surface area contributed by atoms with Crippen molar-refractivity contribution in [2.45, 2.75) is 32.2 Å². The minimum Gasteiger partial charge on any atom is -0.481 e. The van der Waals surface area contributed by atoms with Gasteiger partial charge in [-0.3, -0.25) is 9.69 Å². The number of rotatable bonds is 4. The fourth-order valence-electron chi connectivity index (χ4n) is 2.72. The lowest BCUT2D eigenvalue weighted by atomic mass is 9.97. The maximum Gasteiger partial charge on any atom is 0.303 e. The molecule has 1 saturated heterocycles. The first-order valence-corrected chi connectivity index (χ1v) is 7.72. The van der Waals surface area contributed by atoms with E-state index in [9.17, 15) is 9.18 Å². The van der Waals surface area contributed by atoms with Crippen LogP contribution in [0.5, 0.6) is 0 Å². The molecule has 1 atom stereocenters. The van der Waals surface area contributed by atoms with Crippen molar-refractivity contribution >= 4 is 21.9 Å². The lowest BCUT2D eigenvalue weighted by Crippen LogP contribution is -2.24. The van der Waals surface area contributed by atoms with E-state index < -0.39 is 5.97 Å². The van der Waals surface area contributed by atoms with Crippen LogP contribution in [0.4, 0.5) is 4.39 Å². The molecule has 1 aromatic carbocycles. The minimum atomic E-state index is -0.704. The molecular formula is C15H19BrFNO2. The molecule has 1 fully saturated rings. The molecule has 0 unspecified atom stereocenters. The first-order valence-electron chi connectivity index (χ1n) is 6.92. The van der Waals surface area contributed by atoms with E-state index in [2.05, 4.69) is 20.8 Å². The molecular weight excluding hydrogens is 325 g/mol. The number of likely N-dealkylation sites (tertiary alicyclic amines) is 1. The fraction of sp³-hybridized carbons (Fsp3) is 0.533. The van der Waals surface area contributed by atoms with Crippen LogP contribution in [0.3, 0.4) is 0 Å². The number of benzene rings is 1. The second-order valence-electron chi connectivity index (χ2n) is 5.41. The van der Waals surface area contributed by atoms with Crippen molar-refractivity contribution in [3.05, 3.63) is 34.1 Å². The first-order chi connectivity index (χ1) is 9.54. The molecule has 0 amide bonds. The number of halogens is 2. The smallest absolute Gasteiger partial charge is 0.303 e. The largest absolute Gasteiger partial charge is 0.481 e. The SMILES string of the molecule is O=C(O)C[C@@H]1CCCN(Cc2ccc(F)cc2Br)CC1. The highest BCUT2D eigenvalue weighted by molar-refractivity contribution is 9.10. The van der Waals surface area contributed by atoms with Crippen LogP contribution in [0.15, 0.2) is 22.7 Å². The van der Waals surface area contributed by atoms with E-state index >= 15 is 0 Å². The molecule has 20 heavy (non-hydrogen) atoms. The second-order valence-corrected chi connectivity index (χ2v) is 6.26. The third-order valence-electron chi connectivity index (χ3n) is 3.81. The summed E-state index contributed by atoms with van der Waals surface area (Å²) in [5.41, 5.74) is 1.07. The van der Waals surface area contributed by atoms with E-state index in [1.807, 2.05) is 0 Å². The van der Waals surface area contributed by atoms with Gasteiger partial charge in [-0.2, -0.15) is 0 Å². The summed E-state index contributed by atoms with van der Waals surface area (Å²) in [6.07, 6.45) is 3.20. The van der Waals surface area contributed by atoms with Crippen molar-refractivity contribution in [1.82, 2.24) is 4.90 Å². The zero-order valence-corrected chi connectivity index (χ0v) is 12.9. The summed E-state index contributed by atoms with van der Waals surface area (Å²) in [6, 6.07) is 4.77. The van der Waals surface area contributed by atoms with E-state index in [-0.39, 0.29) is 18.2 Å². The average Bonchev–Trinajstić information content (AvgIpc) is 2.58. The summed E-state index contributed by atoms with van der Waals surface area (Å²) in [7, 11) is 0. The molecule has 3 nitrogen and oxygen atoms in total. The minimum absolute atomic E-state index is 0.238. The number of aliphatic carboxylic acids is 1. The molecule has 0 spiro atoms. The molecule has 110 valence electrons. The Kier molecular flexibility index (Phi) is 5.54. The predicted molar refractivity (Wildman–Crippen MR) is 79.0 cm³/mol. The van der Waals surface area contributed by atoms with Crippen LogP contribution >= 0.6 is 15.9 Å². The molecule has 1 aliphatic heterocycles. The van der Waals surface area contributed by atoms with Gasteiger partial charge < -0.3 is 5.11 Å². The van der Waals surface area contributed by atoms with E-state index in [4.69, 9.17) is 5.11 Å². The van der Waals surface area contributed by atoms with Crippen molar-refractivity contribution in [2.75, 3.05) is 13.1 Å². The Morgan fingerprint density at radius 3 is 2.90 bits per heavy atom. The Labute approximate surface area is 126 Å². The van der Waals surface area contributed by atoms with Gasteiger partial charge in [-0.05, 0) is 56.0 Å². The van der Waals surface area contributed by atoms with Crippen LogP contribution in [0, 0.1) is 11.7 Å². The normalized spacial score (nSPS) is 20.6. The van der Waals surface area contributed by atoms with Gasteiger partial charge in [-0.15, -0.1) is 0 Å². The molecule has 1 aromatic rings. The van der Waals surface area contributed by atoms with Gasteiger partial charge in [0.2, 0.25) is 0 Å². The van der Waals surface area contributed by atoms with Crippen LogP contribution in [0.25, 0.3) is 0 Å². The van der Waals surface area contributed by atoms with Gasteiger partial charge in [0.25, 0.3) is 0 Å². The maximum atomic E-state index is 13.1. The number of carbonyl (C=O) groups is 1. The van der Waals surface area contributed by atoms with E-state index in [0.29, 0.717) is 0 Å². The Bertz CT molecular complexity index is 481. The third-order valence-corrected chi connectivity index (χ3v) is 4.55. The highest BCUT2D eigenvalue weighted by Gasteiger charge is 2.19. The third kappa shape index (κ3) is 4.56. The summed E-state index contributed by atoms with van der Waals surface area (Å²) in [4.78, 5) is 13.1. The summed E-state index contributed by atoms with van der Waals surface area (Å²) in [5.74, 6) is -0.656. The summed E-state index contributed by atoms with van der Waals surface area (Å²) >= 11 is 3.39. The van der Waals surface area contributed by atoms with Gasteiger partial charge >= 0.3 is 5.97 Å². The monoisotopic (exact) mass is 343 g/mol. The maximum absolute atomic E-state index is 13.1. The molecule has 0 saturated carbocycles. The van der Waals surface area contributed by atoms with E-state index in [1.54, 1.807) is 6.07 Å². The van der Waals surface area contributed by atoms with Gasteiger partial charge in [-0.1, -0.05) is 22.0 Å². The highest BCUT2D eigenvalue weighted by atomic mass is 79.9. The molecule has 0 aromatic heterocycles. The summed E-state index contributed by atoms with van der Waals surface area (Å²) < 4.78 is 13.9. The molecule has 1 aliphatic rings. The number of hydrogen-bond acceptors (Lipinski definition) is 2. The number of nitrogens with zero attached hydrogens (tertiary/aromatic N) is 1. The molecule has 0 radical (unpaired) electrons. The number of carboxylic acids is 1. The Hall–Kier alpha value is -0.940. The highest BCUT2D eigenvalue weighted by Crippen LogP contribution is 2.24. The number of hydrogen-bond donors (Lipinski definition) is 1. The molecule has 2 rings (SSSR count). The van der Waals surface area contributed by atoms with Crippen LogP contribution in [0.2, 0.25) is 0 Å².